The molecule has 116 valence electrons. The van der Waals surface area contributed by atoms with Crippen molar-refractivity contribution < 1.29 is 9.90 Å². The monoisotopic (exact) mass is 292 g/mol. The zero-order valence-electron chi connectivity index (χ0n) is 13.0. The number of nitrogens with zero attached hydrogens (tertiary/aromatic N) is 3. The number of carboxylic acid groups (broad SMARTS) is 1. The lowest BCUT2D eigenvalue weighted by molar-refractivity contribution is -0.142. The number of hydrogen-bond acceptors (Lipinski definition) is 5. The molecule has 1 aliphatic rings. The second kappa shape index (κ2) is 6.74. The normalized spacial score (nSPS) is 16.3. The summed E-state index contributed by atoms with van der Waals surface area (Å²) < 4.78 is 0. The van der Waals surface area contributed by atoms with Gasteiger partial charge in [0.05, 0.1) is 5.92 Å². The van der Waals surface area contributed by atoms with Crippen LogP contribution in [0.15, 0.2) is 6.07 Å². The molecule has 0 aromatic carbocycles. The Hall–Kier alpha value is -1.85. The second-order valence-corrected chi connectivity index (χ2v) is 6.03. The molecule has 6 nitrogen and oxygen atoms in total. The first-order valence-electron chi connectivity index (χ1n) is 7.53. The summed E-state index contributed by atoms with van der Waals surface area (Å²) >= 11 is 0. The van der Waals surface area contributed by atoms with E-state index in [2.05, 4.69) is 34.0 Å². The number of carboxylic acids is 1. The molecule has 0 radical (unpaired) electrons. The number of rotatable bonds is 5. The Morgan fingerprint density at radius 1 is 1.43 bits per heavy atom. The molecule has 0 unspecified atom stereocenters. The van der Waals surface area contributed by atoms with E-state index in [9.17, 15) is 4.79 Å². The molecule has 0 saturated carbocycles. The second-order valence-electron chi connectivity index (χ2n) is 6.03. The van der Waals surface area contributed by atoms with Gasteiger partial charge in [-0.1, -0.05) is 13.8 Å². The summed E-state index contributed by atoms with van der Waals surface area (Å²) in [5.74, 6) is 2.11. The molecule has 1 saturated heterocycles. The van der Waals surface area contributed by atoms with Gasteiger partial charge in [-0.2, -0.15) is 0 Å². The lowest BCUT2D eigenvalue weighted by Gasteiger charge is -2.31. The van der Waals surface area contributed by atoms with Gasteiger partial charge in [0.15, 0.2) is 0 Å². The number of anilines is 2. The smallest absolute Gasteiger partial charge is 0.306 e. The highest BCUT2D eigenvalue weighted by Gasteiger charge is 2.25. The molecule has 6 heteroatoms. The highest BCUT2D eigenvalue weighted by Crippen LogP contribution is 2.23. The molecular weight excluding hydrogens is 268 g/mol. The van der Waals surface area contributed by atoms with Crippen LogP contribution >= 0.6 is 0 Å². The number of carbonyl (C=O) groups is 1. The molecule has 2 rings (SSSR count). The van der Waals surface area contributed by atoms with Gasteiger partial charge in [-0.05, 0) is 25.7 Å². The third-order valence-corrected chi connectivity index (χ3v) is 3.68. The van der Waals surface area contributed by atoms with Crippen LogP contribution in [0.1, 0.15) is 32.5 Å². The van der Waals surface area contributed by atoms with Gasteiger partial charge in [-0.3, -0.25) is 4.79 Å². The van der Waals surface area contributed by atoms with E-state index in [0.717, 1.165) is 37.1 Å². The van der Waals surface area contributed by atoms with E-state index in [-0.39, 0.29) is 5.92 Å². The number of hydrogen-bond donors (Lipinski definition) is 2. The quantitative estimate of drug-likeness (QED) is 0.866. The topological polar surface area (TPSA) is 78.4 Å². The lowest BCUT2D eigenvalue weighted by atomic mass is 9.97. The predicted octanol–water partition coefficient (Wildman–Crippen LogP) is 2.15. The van der Waals surface area contributed by atoms with Crippen LogP contribution in [0.3, 0.4) is 0 Å². The molecule has 0 amide bonds. The van der Waals surface area contributed by atoms with Crippen molar-refractivity contribution in [3.05, 3.63) is 11.9 Å². The molecule has 2 N–H and O–H groups in total. The van der Waals surface area contributed by atoms with Crippen LogP contribution in [-0.2, 0) is 4.79 Å². The van der Waals surface area contributed by atoms with Gasteiger partial charge < -0.3 is 15.3 Å². The maximum absolute atomic E-state index is 11.0. The molecular formula is C15H24N4O2. The predicted molar refractivity (Wildman–Crippen MR) is 82.7 cm³/mol. The molecule has 0 bridgehead atoms. The van der Waals surface area contributed by atoms with Gasteiger partial charge in [0.2, 0.25) is 0 Å². The number of nitrogens with one attached hydrogen (secondary N) is 1. The molecule has 21 heavy (non-hydrogen) atoms. The first-order chi connectivity index (χ1) is 9.95. The van der Waals surface area contributed by atoms with Crippen LogP contribution in [-0.4, -0.2) is 40.7 Å². The highest BCUT2D eigenvalue weighted by atomic mass is 16.4. The van der Waals surface area contributed by atoms with Crippen LogP contribution in [0.25, 0.3) is 0 Å². The average molecular weight is 292 g/mol. The molecule has 0 aliphatic carbocycles. The van der Waals surface area contributed by atoms with Crippen molar-refractivity contribution in [1.29, 1.82) is 0 Å². The van der Waals surface area contributed by atoms with Crippen molar-refractivity contribution in [2.24, 2.45) is 11.8 Å². The Morgan fingerprint density at radius 3 is 2.67 bits per heavy atom. The van der Waals surface area contributed by atoms with Crippen molar-refractivity contribution in [3.8, 4) is 0 Å². The summed E-state index contributed by atoms with van der Waals surface area (Å²) in [6.07, 6.45) is 1.35. The van der Waals surface area contributed by atoms with Gasteiger partial charge in [-0.25, -0.2) is 9.97 Å². The lowest BCUT2D eigenvalue weighted by Crippen LogP contribution is -2.37. The molecule has 2 heterocycles. The van der Waals surface area contributed by atoms with Gasteiger partial charge in [-0.15, -0.1) is 0 Å². The minimum atomic E-state index is -0.687. The van der Waals surface area contributed by atoms with Crippen LogP contribution in [0.5, 0.6) is 0 Å². The van der Waals surface area contributed by atoms with Crippen molar-refractivity contribution in [2.45, 2.75) is 33.6 Å². The van der Waals surface area contributed by atoms with E-state index in [0.29, 0.717) is 18.8 Å². The first kappa shape index (κ1) is 15.5. The summed E-state index contributed by atoms with van der Waals surface area (Å²) in [6.45, 7) is 8.52. The zero-order valence-corrected chi connectivity index (χ0v) is 13.0. The maximum atomic E-state index is 11.0. The third kappa shape index (κ3) is 4.31. The fraction of sp³-hybridized carbons (Fsp3) is 0.667. The Labute approximate surface area is 125 Å². The van der Waals surface area contributed by atoms with Crippen LogP contribution in [0.2, 0.25) is 0 Å². The molecule has 0 spiro atoms. The summed E-state index contributed by atoms with van der Waals surface area (Å²) in [6, 6.07) is 1.95. The fourth-order valence-electron chi connectivity index (χ4n) is 2.47. The fourth-order valence-corrected chi connectivity index (χ4v) is 2.47. The SMILES string of the molecule is Cc1nc(NCC(C)C)cc(N2CCC(C(=O)O)CC2)n1. The van der Waals surface area contributed by atoms with Crippen LogP contribution in [0.4, 0.5) is 11.6 Å². The zero-order chi connectivity index (χ0) is 15.4. The summed E-state index contributed by atoms with van der Waals surface area (Å²) in [5.41, 5.74) is 0. The minimum absolute atomic E-state index is 0.220. The highest BCUT2D eigenvalue weighted by molar-refractivity contribution is 5.70. The van der Waals surface area contributed by atoms with Gasteiger partial charge in [0.25, 0.3) is 0 Å². The number of aryl methyl sites for hydroxylation is 1. The Morgan fingerprint density at radius 2 is 2.10 bits per heavy atom. The number of piperidine rings is 1. The van der Waals surface area contributed by atoms with Crippen molar-refractivity contribution in [3.63, 3.8) is 0 Å². The largest absolute Gasteiger partial charge is 0.481 e. The van der Waals surface area contributed by atoms with E-state index in [1.165, 1.54) is 0 Å². The van der Waals surface area contributed by atoms with Gasteiger partial charge in [0, 0.05) is 25.7 Å². The number of aromatic nitrogens is 2. The van der Waals surface area contributed by atoms with Gasteiger partial charge >= 0.3 is 5.97 Å². The summed E-state index contributed by atoms with van der Waals surface area (Å²) in [7, 11) is 0. The van der Waals surface area contributed by atoms with E-state index >= 15 is 0 Å². The molecule has 0 atom stereocenters. The van der Waals surface area contributed by atoms with Gasteiger partial charge in [0.1, 0.15) is 17.5 Å². The van der Waals surface area contributed by atoms with Crippen molar-refractivity contribution in [2.75, 3.05) is 29.9 Å². The third-order valence-electron chi connectivity index (χ3n) is 3.68. The van der Waals surface area contributed by atoms with E-state index in [4.69, 9.17) is 5.11 Å². The molecule has 1 aliphatic heterocycles. The van der Waals surface area contributed by atoms with E-state index < -0.39 is 5.97 Å². The number of aliphatic carboxylic acids is 1. The minimum Gasteiger partial charge on any atom is -0.481 e. The molecule has 1 aromatic rings. The van der Waals surface area contributed by atoms with E-state index in [1.54, 1.807) is 0 Å². The Kier molecular flexibility index (Phi) is 4.98. The summed E-state index contributed by atoms with van der Waals surface area (Å²) in [4.78, 5) is 22.0. The first-order valence-corrected chi connectivity index (χ1v) is 7.53. The van der Waals surface area contributed by atoms with Crippen molar-refractivity contribution >= 4 is 17.6 Å². The Bertz CT molecular complexity index is 496. The molecule has 1 fully saturated rings. The Balaban J connectivity index is 2.04. The van der Waals surface area contributed by atoms with Crippen LogP contribution in [0, 0.1) is 18.8 Å². The standard InChI is InChI=1S/C15H24N4O2/c1-10(2)9-16-13-8-14(18-11(3)17-13)19-6-4-12(5-7-19)15(20)21/h8,10,12H,4-7,9H2,1-3H3,(H,20,21)(H,16,17,18). The average Bonchev–Trinajstić information content (AvgIpc) is 2.44. The maximum Gasteiger partial charge on any atom is 0.306 e. The van der Waals surface area contributed by atoms with Crippen molar-refractivity contribution in [1.82, 2.24) is 9.97 Å². The molecule has 1 aromatic heterocycles. The van der Waals surface area contributed by atoms with Crippen LogP contribution < -0.4 is 10.2 Å². The summed E-state index contributed by atoms with van der Waals surface area (Å²) in [5, 5.41) is 12.4. The van der Waals surface area contributed by atoms with E-state index in [1.807, 2.05) is 13.0 Å².